The quantitative estimate of drug-likeness (QED) is 0.0546. The number of aryl methyl sites for hydroxylation is 1. The van der Waals surface area contributed by atoms with Gasteiger partial charge in [0.1, 0.15) is 0 Å². The minimum atomic E-state index is 0. The van der Waals surface area contributed by atoms with Crippen molar-refractivity contribution >= 4 is 45.5 Å². The molecule has 0 aliphatic heterocycles. The van der Waals surface area contributed by atoms with Crippen molar-refractivity contribution < 1.29 is 4.57 Å². The summed E-state index contributed by atoms with van der Waals surface area (Å²) in [7, 11) is 0. The molecule has 0 saturated carbocycles. The maximum Gasteiger partial charge on any atom is 0.220 e. The number of aromatic nitrogens is 1. The molecule has 8 heteroatoms. The van der Waals surface area contributed by atoms with Gasteiger partial charge in [0.25, 0.3) is 0 Å². The number of rotatable bonds is 16. The van der Waals surface area contributed by atoms with Gasteiger partial charge in [0.05, 0.1) is 10.8 Å². The van der Waals surface area contributed by atoms with Gasteiger partial charge in [-0.3, -0.25) is 0 Å². The van der Waals surface area contributed by atoms with Crippen LogP contribution >= 0.6 is 12.4 Å². The van der Waals surface area contributed by atoms with E-state index in [0.717, 1.165) is 94.9 Å². The molecule has 0 amide bonds. The molecule has 0 fully saturated rings. The van der Waals surface area contributed by atoms with Gasteiger partial charge in [-0.1, -0.05) is 24.3 Å². The molecular formula is C31H45ClN7+. The average Bonchev–Trinajstić information content (AvgIpc) is 2.93. The Morgan fingerprint density at radius 2 is 1.15 bits per heavy atom. The summed E-state index contributed by atoms with van der Waals surface area (Å²) < 4.78 is 2.42. The second kappa shape index (κ2) is 16.2. The van der Waals surface area contributed by atoms with Gasteiger partial charge >= 0.3 is 0 Å². The van der Waals surface area contributed by atoms with Crippen LogP contribution in [0.1, 0.15) is 25.7 Å². The second-order valence-electron chi connectivity index (χ2n) is 9.90. The van der Waals surface area contributed by atoms with Crippen LogP contribution in [0.4, 0.5) is 11.4 Å². The molecule has 210 valence electrons. The lowest BCUT2D eigenvalue weighted by Gasteiger charge is -2.13. The summed E-state index contributed by atoms with van der Waals surface area (Å²) in [6, 6.07) is 23.0. The predicted octanol–water partition coefficient (Wildman–Crippen LogP) is 3.82. The number of pyridine rings is 1. The SMILES string of the molecule is Cl.NCCCNCCCNCCCNCCC[n+]1c(-c2ccccc2)c2cc(N)ccc2c2ccc(N)cc21. The largest absolute Gasteiger partial charge is 0.399 e. The Balaban J connectivity index is 0.00000420. The number of hydrogen-bond donors (Lipinski definition) is 6. The lowest BCUT2D eigenvalue weighted by atomic mass is 9.98. The van der Waals surface area contributed by atoms with Crippen LogP contribution in [0.5, 0.6) is 0 Å². The highest BCUT2D eigenvalue weighted by Gasteiger charge is 2.23. The maximum atomic E-state index is 6.27. The van der Waals surface area contributed by atoms with Gasteiger partial charge < -0.3 is 33.2 Å². The third kappa shape index (κ3) is 8.52. The highest BCUT2D eigenvalue weighted by atomic mass is 35.5. The zero-order chi connectivity index (χ0) is 26.6. The molecule has 0 spiro atoms. The van der Waals surface area contributed by atoms with E-state index >= 15 is 0 Å². The van der Waals surface area contributed by atoms with E-state index in [4.69, 9.17) is 17.2 Å². The van der Waals surface area contributed by atoms with Gasteiger partial charge in [-0.15, -0.1) is 12.4 Å². The summed E-state index contributed by atoms with van der Waals surface area (Å²) in [6.07, 6.45) is 4.33. The van der Waals surface area contributed by atoms with Gasteiger partial charge in [-0.05, 0) is 94.9 Å². The van der Waals surface area contributed by atoms with Crippen molar-refractivity contribution in [2.75, 3.05) is 57.3 Å². The fourth-order valence-corrected chi connectivity index (χ4v) is 5.04. The Labute approximate surface area is 238 Å². The Hall–Kier alpha value is -2.94. The summed E-state index contributed by atoms with van der Waals surface area (Å²) >= 11 is 0. The summed E-state index contributed by atoms with van der Waals surface area (Å²) in [5.74, 6) is 0. The Kier molecular flexibility index (Phi) is 12.7. The van der Waals surface area contributed by atoms with Gasteiger partial charge in [0.15, 0.2) is 6.54 Å². The zero-order valence-electron chi connectivity index (χ0n) is 22.9. The van der Waals surface area contributed by atoms with Gasteiger partial charge in [-0.2, -0.15) is 4.57 Å². The number of anilines is 2. The van der Waals surface area contributed by atoms with Crippen LogP contribution < -0.4 is 37.7 Å². The number of nitrogen functional groups attached to an aromatic ring is 2. The van der Waals surface area contributed by atoms with Crippen molar-refractivity contribution in [1.82, 2.24) is 16.0 Å². The highest BCUT2D eigenvalue weighted by molar-refractivity contribution is 6.10. The molecule has 0 bridgehead atoms. The van der Waals surface area contributed by atoms with Crippen LogP contribution in [0.2, 0.25) is 0 Å². The summed E-state index contributed by atoms with van der Waals surface area (Å²) in [6.45, 7) is 7.78. The molecule has 4 aromatic rings. The van der Waals surface area contributed by atoms with Crippen LogP contribution in [0.25, 0.3) is 32.9 Å². The molecule has 0 aliphatic carbocycles. The van der Waals surface area contributed by atoms with Crippen molar-refractivity contribution in [1.29, 1.82) is 0 Å². The van der Waals surface area contributed by atoms with E-state index in [1.807, 2.05) is 12.1 Å². The van der Waals surface area contributed by atoms with Crippen molar-refractivity contribution in [3.05, 3.63) is 66.7 Å². The molecule has 3 aromatic carbocycles. The molecule has 0 unspecified atom stereocenters. The predicted molar refractivity (Wildman–Crippen MR) is 169 cm³/mol. The number of nitrogens with one attached hydrogen (secondary N) is 3. The molecule has 0 radical (unpaired) electrons. The van der Waals surface area contributed by atoms with E-state index in [0.29, 0.717) is 0 Å². The fraction of sp³-hybridized carbons (Fsp3) is 0.387. The van der Waals surface area contributed by atoms with Crippen LogP contribution in [0.3, 0.4) is 0 Å². The lowest BCUT2D eigenvalue weighted by Crippen LogP contribution is -2.39. The van der Waals surface area contributed by atoms with Crippen LogP contribution in [-0.2, 0) is 6.54 Å². The first kappa shape index (κ1) is 30.6. The minimum absolute atomic E-state index is 0. The van der Waals surface area contributed by atoms with Gasteiger partial charge in [0.2, 0.25) is 11.2 Å². The van der Waals surface area contributed by atoms with Gasteiger partial charge in [0, 0.05) is 41.4 Å². The molecule has 39 heavy (non-hydrogen) atoms. The van der Waals surface area contributed by atoms with Gasteiger partial charge in [-0.25, -0.2) is 0 Å². The topological polar surface area (TPSA) is 118 Å². The number of benzene rings is 3. The molecule has 0 aliphatic rings. The first-order valence-electron chi connectivity index (χ1n) is 14.0. The molecule has 4 rings (SSSR count). The molecule has 0 saturated heterocycles. The first-order chi connectivity index (χ1) is 18.7. The third-order valence-electron chi connectivity index (χ3n) is 6.93. The van der Waals surface area contributed by atoms with E-state index in [1.54, 1.807) is 0 Å². The van der Waals surface area contributed by atoms with Crippen molar-refractivity contribution in [2.24, 2.45) is 5.73 Å². The maximum absolute atomic E-state index is 6.27. The standard InChI is InChI=1S/C31H43N7.ClH/c32-14-4-15-35-16-5-17-36-18-6-19-37-20-7-21-38-30-23-26(34)11-13-28(30)27-12-10-25(33)22-29(27)31(38)24-8-2-1-3-9-24;/h1-3,8-13,22-23,34-37H,4-7,14-21,32-33H2;1H/p+1. The van der Waals surface area contributed by atoms with E-state index in [1.165, 1.54) is 27.4 Å². The summed E-state index contributed by atoms with van der Waals surface area (Å²) in [5.41, 5.74) is 23.1. The second-order valence-corrected chi connectivity index (χ2v) is 9.90. The van der Waals surface area contributed by atoms with E-state index < -0.39 is 0 Å². The molecular weight excluding hydrogens is 506 g/mol. The number of halogens is 1. The Morgan fingerprint density at radius 1 is 0.590 bits per heavy atom. The Morgan fingerprint density at radius 3 is 1.79 bits per heavy atom. The molecule has 0 atom stereocenters. The number of nitrogens with zero attached hydrogens (tertiary/aromatic N) is 1. The smallest absolute Gasteiger partial charge is 0.220 e. The molecule has 9 N–H and O–H groups in total. The van der Waals surface area contributed by atoms with Crippen LogP contribution in [0.15, 0.2) is 66.7 Å². The van der Waals surface area contributed by atoms with E-state index in [-0.39, 0.29) is 12.4 Å². The normalized spacial score (nSPS) is 11.2. The Bertz CT molecular complexity index is 1300. The van der Waals surface area contributed by atoms with Crippen molar-refractivity contribution in [2.45, 2.75) is 32.2 Å². The van der Waals surface area contributed by atoms with Crippen molar-refractivity contribution in [3.8, 4) is 11.3 Å². The summed E-state index contributed by atoms with van der Waals surface area (Å²) in [5, 5.41) is 14.1. The summed E-state index contributed by atoms with van der Waals surface area (Å²) in [4.78, 5) is 0. The number of hydrogen-bond acceptors (Lipinski definition) is 6. The van der Waals surface area contributed by atoms with Crippen molar-refractivity contribution in [3.63, 3.8) is 0 Å². The number of nitrogens with two attached hydrogens (primary N) is 3. The fourth-order valence-electron chi connectivity index (χ4n) is 5.04. The first-order valence-corrected chi connectivity index (χ1v) is 14.0. The monoisotopic (exact) mass is 550 g/mol. The average molecular weight is 551 g/mol. The molecule has 7 nitrogen and oxygen atoms in total. The highest BCUT2D eigenvalue weighted by Crippen LogP contribution is 2.33. The number of fused-ring (bicyclic) bond motifs is 3. The molecule has 1 heterocycles. The van der Waals surface area contributed by atoms with E-state index in [2.05, 4.69) is 75.1 Å². The third-order valence-corrected chi connectivity index (χ3v) is 6.93. The molecule has 1 aromatic heterocycles. The van der Waals surface area contributed by atoms with E-state index in [9.17, 15) is 0 Å². The van der Waals surface area contributed by atoms with Crippen LogP contribution in [-0.4, -0.2) is 45.8 Å². The van der Waals surface area contributed by atoms with Crippen LogP contribution in [0, 0.1) is 0 Å². The lowest BCUT2D eigenvalue weighted by molar-refractivity contribution is -0.659. The minimum Gasteiger partial charge on any atom is -0.399 e. The zero-order valence-corrected chi connectivity index (χ0v) is 23.7.